The summed E-state index contributed by atoms with van der Waals surface area (Å²) in [4.78, 5) is 5.99. The van der Waals surface area contributed by atoms with Crippen LogP contribution in [0.3, 0.4) is 0 Å². The first kappa shape index (κ1) is 10.1. The quantitative estimate of drug-likeness (QED) is 0.690. The molecule has 0 atom stereocenters. The fourth-order valence-corrected chi connectivity index (χ4v) is 1.16. The van der Waals surface area contributed by atoms with Crippen LogP contribution in [0.4, 0.5) is 0 Å². The largest absolute Gasteiger partial charge is 0.384 e. The molecule has 0 aromatic carbocycles. The van der Waals surface area contributed by atoms with Crippen molar-refractivity contribution in [3.8, 4) is 0 Å². The minimum absolute atomic E-state index is 0.589. The number of rotatable bonds is 3. The molecule has 0 unspecified atom stereocenters. The van der Waals surface area contributed by atoms with Gasteiger partial charge in [0.2, 0.25) is 0 Å². The molecule has 13 heavy (non-hydrogen) atoms. The topological polar surface area (TPSA) is 16.1 Å². The van der Waals surface area contributed by atoms with E-state index in [1.807, 2.05) is 37.3 Å². The van der Waals surface area contributed by atoms with Crippen molar-refractivity contribution >= 4 is 11.6 Å². The summed E-state index contributed by atoms with van der Waals surface area (Å²) in [6, 6.07) is 3.88. The van der Waals surface area contributed by atoms with Crippen molar-refractivity contribution in [3.63, 3.8) is 0 Å². The Hall–Kier alpha value is -1.02. The molecule has 1 heterocycles. The van der Waals surface area contributed by atoms with Crippen LogP contribution >= 0.6 is 11.6 Å². The molecule has 0 aliphatic carbocycles. The number of nitrogens with zero attached hydrogens (tertiary/aromatic N) is 2. The van der Waals surface area contributed by atoms with E-state index in [4.69, 9.17) is 11.6 Å². The van der Waals surface area contributed by atoms with Crippen LogP contribution in [-0.4, -0.2) is 24.0 Å². The molecule has 2 nitrogen and oxygen atoms in total. The Labute approximate surface area is 83.8 Å². The highest BCUT2D eigenvalue weighted by Gasteiger charge is 1.96. The minimum atomic E-state index is 0.589. The highest BCUT2D eigenvalue weighted by Crippen LogP contribution is 2.12. The Morgan fingerprint density at radius 3 is 2.92 bits per heavy atom. The highest BCUT2D eigenvalue weighted by molar-refractivity contribution is 6.30. The van der Waals surface area contributed by atoms with Crippen molar-refractivity contribution in [2.24, 2.45) is 0 Å². The molecule has 0 amide bonds. The molecule has 0 N–H and O–H groups in total. The van der Waals surface area contributed by atoms with Crippen LogP contribution < -0.4 is 0 Å². The summed E-state index contributed by atoms with van der Waals surface area (Å²) in [7, 11) is 3.97. The van der Waals surface area contributed by atoms with Gasteiger partial charge in [0.1, 0.15) is 5.15 Å². The molecule has 1 aromatic heterocycles. The van der Waals surface area contributed by atoms with E-state index in [2.05, 4.69) is 11.1 Å². The van der Waals surface area contributed by atoms with Gasteiger partial charge in [-0.2, -0.15) is 0 Å². The van der Waals surface area contributed by atoms with Crippen LogP contribution in [-0.2, 0) is 6.42 Å². The van der Waals surface area contributed by atoms with Crippen LogP contribution in [0.15, 0.2) is 30.6 Å². The Balaban J connectivity index is 2.59. The summed E-state index contributed by atoms with van der Waals surface area (Å²) in [5.74, 6) is 0. The third-order valence-corrected chi connectivity index (χ3v) is 1.92. The van der Waals surface area contributed by atoms with Gasteiger partial charge >= 0.3 is 0 Å². The Morgan fingerprint density at radius 1 is 1.54 bits per heavy atom. The van der Waals surface area contributed by atoms with E-state index in [0.717, 1.165) is 12.0 Å². The maximum Gasteiger partial charge on any atom is 0.132 e. The van der Waals surface area contributed by atoms with Gasteiger partial charge in [0.25, 0.3) is 0 Å². The number of halogens is 1. The molecule has 0 spiro atoms. The first-order valence-corrected chi connectivity index (χ1v) is 4.50. The van der Waals surface area contributed by atoms with Gasteiger partial charge in [-0.15, -0.1) is 0 Å². The monoisotopic (exact) mass is 196 g/mol. The lowest BCUT2D eigenvalue weighted by Gasteiger charge is -2.03. The molecule has 0 fully saturated rings. The fraction of sp³-hybridized carbons (Fsp3) is 0.300. The summed E-state index contributed by atoms with van der Waals surface area (Å²) < 4.78 is 0. The zero-order chi connectivity index (χ0) is 9.68. The smallest absolute Gasteiger partial charge is 0.132 e. The Bertz CT molecular complexity index is 295. The molecule has 3 heteroatoms. The number of pyridine rings is 1. The first-order chi connectivity index (χ1) is 6.20. The maximum atomic E-state index is 5.88. The fourth-order valence-electron chi connectivity index (χ4n) is 0.962. The van der Waals surface area contributed by atoms with Crippen LogP contribution in [0.5, 0.6) is 0 Å². The molecule has 0 saturated carbocycles. The molecular formula is C10H13ClN2. The van der Waals surface area contributed by atoms with Gasteiger partial charge in [0.15, 0.2) is 0 Å². The lowest BCUT2D eigenvalue weighted by Crippen LogP contribution is -2.00. The van der Waals surface area contributed by atoms with Gasteiger partial charge in [-0.05, 0) is 24.3 Å². The zero-order valence-electron chi connectivity index (χ0n) is 7.87. The first-order valence-electron chi connectivity index (χ1n) is 4.12. The van der Waals surface area contributed by atoms with Crippen LogP contribution in [0.25, 0.3) is 0 Å². The van der Waals surface area contributed by atoms with Crippen molar-refractivity contribution in [1.82, 2.24) is 9.88 Å². The normalized spacial score (nSPS) is 10.7. The highest BCUT2D eigenvalue weighted by atomic mass is 35.5. The summed E-state index contributed by atoms with van der Waals surface area (Å²) in [5.41, 5.74) is 1.06. The van der Waals surface area contributed by atoms with Gasteiger partial charge in [-0.25, -0.2) is 4.98 Å². The van der Waals surface area contributed by atoms with Crippen LogP contribution in [0.1, 0.15) is 5.56 Å². The molecule has 1 aromatic rings. The third-order valence-electron chi connectivity index (χ3n) is 1.58. The lowest BCUT2D eigenvalue weighted by molar-refractivity contribution is 0.562. The van der Waals surface area contributed by atoms with E-state index >= 15 is 0 Å². The second kappa shape index (κ2) is 4.87. The zero-order valence-corrected chi connectivity index (χ0v) is 8.62. The summed E-state index contributed by atoms with van der Waals surface area (Å²) in [5, 5.41) is 0.589. The molecule has 70 valence electrons. The van der Waals surface area contributed by atoms with E-state index in [9.17, 15) is 0 Å². The SMILES string of the molecule is CN(C)/C=C/Cc1cccnc1Cl. The van der Waals surface area contributed by atoms with Crippen LogP contribution in [0, 0.1) is 0 Å². The number of aromatic nitrogens is 1. The lowest BCUT2D eigenvalue weighted by atomic mass is 10.2. The van der Waals surface area contributed by atoms with E-state index in [-0.39, 0.29) is 0 Å². The predicted molar refractivity (Wildman–Crippen MR) is 55.8 cm³/mol. The van der Waals surface area contributed by atoms with Gasteiger partial charge in [0.05, 0.1) is 0 Å². The van der Waals surface area contributed by atoms with Crippen molar-refractivity contribution in [2.45, 2.75) is 6.42 Å². The Kier molecular flexibility index (Phi) is 3.77. The number of allylic oxidation sites excluding steroid dienone is 1. The molecular weight excluding hydrogens is 184 g/mol. The second-order valence-corrected chi connectivity index (χ2v) is 3.36. The molecule has 0 radical (unpaired) electrons. The molecule has 0 bridgehead atoms. The van der Waals surface area contributed by atoms with Gasteiger partial charge in [-0.3, -0.25) is 0 Å². The van der Waals surface area contributed by atoms with Crippen molar-refractivity contribution < 1.29 is 0 Å². The summed E-state index contributed by atoms with van der Waals surface area (Å²) in [6.07, 6.45) is 6.58. The van der Waals surface area contributed by atoms with Gasteiger partial charge in [-0.1, -0.05) is 23.7 Å². The molecule has 0 saturated heterocycles. The van der Waals surface area contributed by atoms with E-state index < -0.39 is 0 Å². The second-order valence-electron chi connectivity index (χ2n) is 3.01. The van der Waals surface area contributed by atoms with Gasteiger partial charge < -0.3 is 4.90 Å². The van der Waals surface area contributed by atoms with Crippen molar-refractivity contribution in [1.29, 1.82) is 0 Å². The average molecular weight is 197 g/mol. The number of hydrogen-bond donors (Lipinski definition) is 0. The number of hydrogen-bond acceptors (Lipinski definition) is 2. The van der Waals surface area contributed by atoms with E-state index in [1.165, 1.54) is 0 Å². The van der Waals surface area contributed by atoms with Crippen molar-refractivity contribution in [3.05, 3.63) is 41.3 Å². The minimum Gasteiger partial charge on any atom is -0.384 e. The molecule has 0 aliphatic heterocycles. The van der Waals surface area contributed by atoms with E-state index in [0.29, 0.717) is 5.15 Å². The summed E-state index contributed by atoms with van der Waals surface area (Å²) >= 11 is 5.88. The molecule has 1 rings (SSSR count). The summed E-state index contributed by atoms with van der Waals surface area (Å²) in [6.45, 7) is 0. The van der Waals surface area contributed by atoms with Gasteiger partial charge in [0, 0.05) is 20.3 Å². The van der Waals surface area contributed by atoms with E-state index in [1.54, 1.807) is 6.20 Å². The maximum absolute atomic E-state index is 5.88. The molecule has 0 aliphatic rings. The predicted octanol–water partition coefficient (Wildman–Crippen LogP) is 2.35. The van der Waals surface area contributed by atoms with Crippen molar-refractivity contribution in [2.75, 3.05) is 14.1 Å². The average Bonchev–Trinajstić information content (AvgIpc) is 2.08. The standard InChI is InChI=1S/C10H13ClN2/c1-13(2)8-4-6-9-5-3-7-12-10(9)11/h3-5,7-8H,6H2,1-2H3/b8-4+. The third kappa shape index (κ3) is 3.47. The van der Waals surface area contributed by atoms with Crippen LogP contribution in [0.2, 0.25) is 5.15 Å². The Morgan fingerprint density at radius 2 is 2.31 bits per heavy atom.